The van der Waals surface area contributed by atoms with Crippen molar-refractivity contribution in [3.05, 3.63) is 16.1 Å². The first-order valence-corrected chi connectivity index (χ1v) is 8.31. The summed E-state index contributed by atoms with van der Waals surface area (Å²) in [5.41, 5.74) is 1.60. The minimum atomic E-state index is 0.405. The van der Waals surface area contributed by atoms with Gasteiger partial charge >= 0.3 is 0 Å². The van der Waals surface area contributed by atoms with E-state index in [2.05, 4.69) is 46.3 Å². The van der Waals surface area contributed by atoms with Crippen molar-refractivity contribution >= 4 is 17.3 Å². The quantitative estimate of drug-likeness (QED) is 0.685. The molecule has 2 heterocycles. The molecule has 0 saturated carbocycles. The summed E-state index contributed by atoms with van der Waals surface area (Å²) < 4.78 is 0. The molecule has 1 aliphatic heterocycles. The molecule has 0 atom stereocenters. The molecule has 0 unspecified atom stereocenters. The average molecular weight is 294 g/mol. The van der Waals surface area contributed by atoms with E-state index in [1.807, 2.05) is 7.05 Å². The molecule has 1 fully saturated rings. The van der Waals surface area contributed by atoms with E-state index < -0.39 is 0 Å². The lowest BCUT2D eigenvalue weighted by Crippen LogP contribution is -2.41. The van der Waals surface area contributed by atoms with Crippen LogP contribution in [0.3, 0.4) is 0 Å². The van der Waals surface area contributed by atoms with Crippen molar-refractivity contribution in [2.75, 3.05) is 26.7 Å². The molecule has 0 spiro atoms. The molecule has 5 heteroatoms. The summed E-state index contributed by atoms with van der Waals surface area (Å²) in [6.07, 6.45) is 3.23. The van der Waals surface area contributed by atoms with E-state index in [0.29, 0.717) is 5.41 Å². The second kappa shape index (κ2) is 6.57. The van der Waals surface area contributed by atoms with Crippen LogP contribution in [0.25, 0.3) is 0 Å². The number of aryl methyl sites for hydroxylation is 1. The van der Waals surface area contributed by atoms with E-state index in [9.17, 15) is 0 Å². The maximum Gasteiger partial charge on any atom is 0.193 e. The molecule has 20 heavy (non-hydrogen) atoms. The van der Waals surface area contributed by atoms with Crippen LogP contribution in [-0.4, -0.2) is 42.5 Å². The van der Waals surface area contributed by atoms with E-state index >= 15 is 0 Å². The van der Waals surface area contributed by atoms with Gasteiger partial charge in [0, 0.05) is 38.5 Å². The first kappa shape index (κ1) is 15.3. The lowest BCUT2D eigenvalue weighted by atomic mass is 9.93. The molecule has 1 aromatic heterocycles. The molecule has 4 nitrogen and oxygen atoms in total. The van der Waals surface area contributed by atoms with Gasteiger partial charge in [-0.3, -0.25) is 4.99 Å². The van der Waals surface area contributed by atoms with Crippen molar-refractivity contribution in [2.24, 2.45) is 10.4 Å². The smallest absolute Gasteiger partial charge is 0.193 e. The molecule has 0 radical (unpaired) electrons. The highest BCUT2D eigenvalue weighted by molar-refractivity contribution is 7.09. The molecule has 1 N–H and O–H groups in total. The van der Waals surface area contributed by atoms with Crippen LogP contribution >= 0.6 is 11.3 Å². The summed E-state index contributed by atoms with van der Waals surface area (Å²) in [5.74, 6) is 1.03. The Hall–Kier alpha value is -1.10. The minimum Gasteiger partial charge on any atom is -0.356 e. The summed E-state index contributed by atoms with van der Waals surface area (Å²) in [6.45, 7) is 9.88. The van der Waals surface area contributed by atoms with Gasteiger partial charge in [-0.15, -0.1) is 11.3 Å². The van der Waals surface area contributed by atoms with Gasteiger partial charge in [0.1, 0.15) is 0 Å². The number of thiazole rings is 1. The second-order valence-corrected chi connectivity index (χ2v) is 7.09. The van der Waals surface area contributed by atoms with Crippen LogP contribution in [0, 0.1) is 5.41 Å². The molecule has 0 bridgehead atoms. The Kier molecular flexibility index (Phi) is 5.02. The first-order chi connectivity index (χ1) is 9.54. The zero-order valence-electron chi connectivity index (χ0n) is 13.1. The van der Waals surface area contributed by atoms with E-state index in [1.165, 1.54) is 17.1 Å². The normalized spacial score (nSPS) is 18.6. The number of hydrogen-bond donors (Lipinski definition) is 1. The Labute approximate surface area is 126 Å². The number of aliphatic imine (C=N–C) groups is 1. The molecular weight excluding hydrogens is 268 g/mol. The number of rotatable bonds is 4. The molecule has 112 valence electrons. The molecule has 0 amide bonds. The first-order valence-electron chi connectivity index (χ1n) is 7.43. The third-order valence-electron chi connectivity index (χ3n) is 3.75. The number of nitrogens with one attached hydrogen (secondary N) is 1. The highest BCUT2D eigenvalue weighted by Gasteiger charge is 2.30. The molecule has 1 aliphatic rings. The van der Waals surface area contributed by atoms with E-state index in [4.69, 9.17) is 0 Å². The van der Waals surface area contributed by atoms with Gasteiger partial charge in [-0.05, 0) is 18.3 Å². The molecule has 0 aromatic carbocycles. The SMILES string of the molecule is CCc1nc(CCNC(=NC)N2CCC(C)(C)C2)cs1. The molecule has 2 rings (SSSR count). The third-order valence-corrected chi connectivity index (χ3v) is 4.80. The van der Waals surface area contributed by atoms with E-state index in [0.717, 1.165) is 38.4 Å². The number of hydrogen-bond acceptors (Lipinski definition) is 3. The van der Waals surface area contributed by atoms with Gasteiger partial charge in [-0.2, -0.15) is 0 Å². The van der Waals surface area contributed by atoms with Crippen LogP contribution in [0.1, 0.15) is 37.9 Å². The zero-order valence-corrected chi connectivity index (χ0v) is 13.9. The van der Waals surface area contributed by atoms with Gasteiger partial charge in [0.25, 0.3) is 0 Å². The fourth-order valence-electron chi connectivity index (χ4n) is 2.55. The zero-order chi connectivity index (χ0) is 14.6. The second-order valence-electron chi connectivity index (χ2n) is 6.15. The third kappa shape index (κ3) is 3.95. The summed E-state index contributed by atoms with van der Waals surface area (Å²) in [5, 5.41) is 6.86. The fraction of sp³-hybridized carbons (Fsp3) is 0.733. The number of aromatic nitrogens is 1. The van der Waals surface area contributed by atoms with Crippen molar-refractivity contribution in [1.29, 1.82) is 0 Å². The predicted octanol–water partition coefficient (Wildman–Crippen LogP) is 2.56. The standard InChI is InChI=1S/C15H26N4S/c1-5-13-18-12(10-20-13)6-8-17-14(16-4)19-9-7-15(2,3)11-19/h10H,5-9,11H2,1-4H3,(H,16,17). The lowest BCUT2D eigenvalue weighted by molar-refractivity contribution is 0.370. The number of nitrogens with zero attached hydrogens (tertiary/aromatic N) is 3. The molecular formula is C15H26N4S. The average Bonchev–Trinajstić information content (AvgIpc) is 3.01. The molecule has 0 aliphatic carbocycles. The van der Waals surface area contributed by atoms with Crippen LogP contribution in [0.2, 0.25) is 0 Å². The van der Waals surface area contributed by atoms with Crippen molar-refractivity contribution < 1.29 is 0 Å². The van der Waals surface area contributed by atoms with Gasteiger partial charge < -0.3 is 10.2 Å². The minimum absolute atomic E-state index is 0.405. The van der Waals surface area contributed by atoms with Crippen LogP contribution in [0.15, 0.2) is 10.4 Å². The Morgan fingerprint density at radius 2 is 2.35 bits per heavy atom. The summed E-state index contributed by atoms with van der Waals surface area (Å²) >= 11 is 1.76. The topological polar surface area (TPSA) is 40.5 Å². The predicted molar refractivity (Wildman–Crippen MR) is 86.5 cm³/mol. The van der Waals surface area contributed by atoms with Gasteiger partial charge in [0.15, 0.2) is 5.96 Å². The largest absolute Gasteiger partial charge is 0.356 e. The Balaban J connectivity index is 1.80. The van der Waals surface area contributed by atoms with E-state index in [1.54, 1.807) is 11.3 Å². The van der Waals surface area contributed by atoms with Crippen molar-refractivity contribution in [2.45, 2.75) is 40.0 Å². The summed E-state index contributed by atoms with van der Waals surface area (Å²) in [6, 6.07) is 0. The summed E-state index contributed by atoms with van der Waals surface area (Å²) in [4.78, 5) is 11.4. The number of likely N-dealkylation sites (tertiary alicyclic amines) is 1. The van der Waals surface area contributed by atoms with Gasteiger partial charge in [-0.1, -0.05) is 20.8 Å². The molecule has 1 saturated heterocycles. The van der Waals surface area contributed by atoms with Gasteiger partial charge in [-0.25, -0.2) is 4.98 Å². The lowest BCUT2D eigenvalue weighted by Gasteiger charge is -2.23. The number of guanidine groups is 1. The van der Waals surface area contributed by atoms with Crippen molar-refractivity contribution in [3.8, 4) is 0 Å². The van der Waals surface area contributed by atoms with Crippen LogP contribution in [-0.2, 0) is 12.8 Å². The van der Waals surface area contributed by atoms with Crippen LogP contribution in [0.4, 0.5) is 0 Å². The van der Waals surface area contributed by atoms with E-state index in [-0.39, 0.29) is 0 Å². The van der Waals surface area contributed by atoms with Crippen LogP contribution < -0.4 is 5.32 Å². The van der Waals surface area contributed by atoms with Crippen molar-refractivity contribution in [1.82, 2.24) is 15.2 Å². The maximum atomic E-state index is 4.60. The van der Waals surface area contributed by atoms with Gasteiger partial charge in [0.2, 0.25) is 0 Å². The van der Waals surface area contributed by atoms with Crippen LogP contribution in [0.5, 0.6) is 0 Å². The fourth-order valence-corrected chi connectivity index (χ4v) is 3.33. The monoisotopic (exact) mass is 294 g/mol. The Bertz CT molecular complexity index is 464. The summed E-state index contributed by atoms with van der Waals surface area (Å²) in [7, 11) is 1.87. The van der Waals surface area contributed by atoms with Crippen molar-refractivity contribution in [3.63, 3.8) is 0 Å². The molecule has 1 aromatic rings. The Morgan fingerprint density at radius 1 is 1.55 bits per heavy atom. The Morgan fingerprint density at radius 3 is 2.90 bits per heavy atom. The highest BCUT2D eigenvalue weighted by Crippen LogP contribution is 2.28. The van der Waals surface area contributed by atoms with Gasteiger partial charge in [0.05, 0.1) is 10.7 Å². The maximum absolute atomic E-state index is 4.60. The highest BCUT2D eigenvalue weighted by atomic mass is 32.1.